The van der Waals surface area contributed by atoms with Gasteiger partial charge in [-0.05, 0) is 12.1 Å². The number of methoxy groups -OCH3 is 1. The minimum atomic E-state index is -0.175. The third kappa shape index (κ3) is 2.98. The molecule has 1 aliphatic rings. The highest BCUT2D eigenvalue weighted by Crippen LogP contribution is 2.43. The summed E-state index contributed by atoms with van der Waals surface area (Å²) >= 11 is 6.33. The lowest BCUT2D eigenvalue weighted by Gasteiger charge is -2.23. The molecule has 1 aromatic carbocycles. The van der Waals surface area contributed by atoms with Crippen LogP contribution in [0.15, 0.2) is 35.7 Å². The fourth-order valence-electron chi connectivity index (χ4n) is 2.67. The molecule has 1 atom stereocenters. The van der Waals surface area contributed by atoms with Gasteiger partial charge in [0, 0.05) is 41.6 Å². The van der Waals surface area contributed by atoms with E-state index in [9.17, 15) is 4.79 Å². The van der Waals surface area contributed by atoms with Gasteiger partial charge >= 0.3 is 5.97 Å². The maximum Gasteiger partial charge on any atom is 0.319 e. The van der Waals surface area contributed by atoms with Crippen molar-refractivity contribution >= 4 is 28.0 Å². The highest BCUT2D eigenvalue weighted by atomic mass is 35.5. The zero-order valence-electron chi connectivity index (χ0n) is 11.8. The number of hydrogen-bond acceptors (Lipinski definition) is 3. The average molecular weight is 323 g/mol. The number of benzene rings is 1. The summed E-state index contributed by atoms with van der Waals surface area (Å²) in [5.41, 5.74) is 1.33. The van der Waals surface area contributed by atoms with Crippen molar-refractivity contribution in [1.29, 1.82) is 0 Å². The van der Waals surface area contributed by atoms with Gasteiger partial charge in [-0.1, -0.05) is 23.7 Å². The number of carbonyl (C=O) groups excluding carboxylic acids is 1. The molecule has 2 aromatic rings. The van der Waals surface area contributed by atoms with E-state index in [-0.39, 0.29) is 16.4 Å². The van der Waals surface area contributed by atoms with Crippen molar-refractivity contribution in [1.82, 2.24) is 4.90 Å². The van der Waals surface area contributed by atoms with Gasteiger partial charge in [-0.3, -0.25) is 9.69 Å². The number of ether oxygens (including phenoxy) is 1. The molecule has 3 nitrogen and oxygen atoms in total. The van der Waals surface area contributed by atoms with Crippen LogP contribution in [0.25, 0.3) is 4.90 Å². The normalized spacial score (nSPS) is 15.6. The topological polar surface area (TPSA) is 29.5 Å². The lowest BCUT2D eigenvalue weighted by Crippen LogP contribution is -2.34. The molecule has 0 fully saturated rings. The molecule has 0 saturated heterocycles. The highest BCUT2D eigenvalue weighted by molar-refractivity contribution is 7.39. The van der Waals surface area contributed by atoms with E-state index < -0.39 is 0 Å². The zero-order valence-corrected chi connectivity index (χ0v) is 13.4. The highest BCUT2D eigenvalue weighted by Gasteiger charge is 2.29. The molecular formula is C16H17ClNO2S+. The van der Waals surface area contributed by atoms with Crippen molar-refractivity contribution in [3.05, 3.63) is 51.2 Å². The summed E-state index contributed by atoms with van der Waals surface area (Å²) in [6, 6.07) is 10.2. The number of rotatable bonds is 3. The molecule has 1 aromatic heterocycles. The molecule has 3 rings (SSSR count). The molecule has 0 radical (unpaired) electrons. The van der Waals surface area contributed by atoms with Gasteiger partial charge in [0.15, 0.2) is 9.77 Å². The standard InChI is InChI=1S/C16H17ClNO2S/c1-20-16(19)11-18-8-6-14-12(10-18)7-9-21(14)15-5-3-2-4-13(15)17/h2-5,7,9H,6,8,10-11H2,1H3/q+1. The Morgan fingerprint density at radius 2 is 2.19 bits per heavy atom. The van der Waals surface area contributed by atoms with Gasteiger partial charge in [-0.15, -0.1) is 0 Å². The number of esters is 1. The molecule has 5 heteroatoms. The number of halogens is 1. The van der Waals surface area contributed by atoms with E-state index >= 15 is 0 Å². The van der Waals surface area contributed by atoms with Crippen molar-refractivity contribution in [2.75, 3.05) is 20.2 Å². The van der Waals surface area contributed by atoms with Crippen LogP contribution in [0.3, 0.4) is 0 Å². The Labute approximate surface area is 132 Å². The second-order valence-corrected chi connectivity index (χ2v) is 7.34. The zero-order chi connectivity index (χ0) is 14.8. The predicted molar refractivity (Wildman–Crippen MR) is 86.3 cm³/mol. The van der Waals surface area contributed by atoms with Crippen LogP contribution in [-0.2, 0) is 22.5 Å². The summed E-state index contributed by atoms with van der Waals surface area (Å²) in [6.45, 7) is 2.07. The first-order valence-electron chi connectivity index (χ1n) is 6.86. The summed E-state index contributed by atoms with van der Waals surface area (Å²) in [5, 5.41) is 3.07. The molecule has 1 aliphatic heterocycles. The van der Waals surface area contributed by atoms with Gasteiger partial charge in [0.25, 0.3) is 0 Å². The lowest BCUT2D eigenvalue weighted by atomic mass is 10.1. The summed E-state index contributed by atoms with van der Waals surface area (Å²) in [4.78, 5) is 16.2. The van der Waals surface area contributed by atoms with E-state index in [4.69, 9.17) is 16.3 Å². The Hall–Kier alpha value is -1.36. The molecule has 0 saturated carbocycles. The number of fused-ring (bicyclic) bond motifs is 1. The van der Waals surface area contributed by atoms with Crippen molar-refractivity contribution in [3.8, 4) is 4.90 Å². The van der Waals surface area contributed by atoms with Crippen LogP contribution in [0.4, 0.5) is 0 Å². The second kappa shape index (κ2) is 6.18. The first-order valence-corrected chi connectivity index (χ1v) is 8.52. The molecule has 0 bridgehead atoms. The van der Waals surface area contributed by atoms with Crippen LogP contribution >= 0.6 is 22.1 Å². The van der Waals surface area contributed by atoms with Crippen molar-refractivity contribution in [2.45, 2.75) is 13.0 Å². The molecule has 0 N–H and O–H groups in total. The van der Waals surface area contributed by atoms with Crippen LogP contribution in [0.5, 0.6) is 0 Å². The first kappa shape index (κ1) is 14.6. The molecule has 0 amide bonds. The Morgan fingerprint density at radius 3 is 2.95 bits per heavy atom. The maximum absolute atomic E-state index is 11.4. The van der Waals surface area contributed by atoms with E-state index in [1.165, 1.54) is 22.4 Å². The number of hydrogen-bond donors (Lipinski definition) is 0. The fourth-order valence-corrected chi connectivity index (χ4v) is 5.16. The largest absolute Gasteiger partial charge is 0.468 e. The van der Waals surface area contributed by atoms with E-state index in [1.54, 1.807) is 0 Å². The van der Waals surface area contributed by atoms with Crippen LogP contribution in [-0.4, -0.2) is 31.1 Å². The van der Waals surface area contributed by atoms with Gasteiger partial charge in [0.05, 0.1) is 13.7 Å². The Morgan fingerprint density at radius 1 is 1.38 bits per heavy atom. The second-order valence-electron chi connectivity index (χ2n) is 5.06. The van der Waals surface area contributed by atoms with Crippen molar-refractivity contribution in [2.24, 2.45) is 0 Å². The predicted octanol–water partition coefficient (Wildman–Crippen LogP) is 3.61. The minimum absolute atomic E-state index is 0.0239. The third-order valence-corrected chi connectivity index (χ3v) is 6.41. The van der Waals surface area contributed by atoms with E-state index in [2.05, 4.69) is 22.4 Å². The van der Waals surface area contributed by atoms with E-state index in [0.717, 1.165) is 24.5 Å². The fraction of sp³-hybridized carbons (Fsp3) is 0.312. The molecule has 21 heavy (non-hydrogen) atoms. The number of thiophene rings is 1. The monoisotopic (exact) mass is 322 g/mol. The molecule has 0 aliphatic carbocycles. The van der Waals surface area contributed by atoms with Gasteiger partial charge in [-0.2, -0.15) is 0 Å². The summed E-state index contributed by atoms with van der Waals surface area (Å²) < 4.78 is 4.74. The summed E-state index contributed by atoms with van der Waals surface area (Å²) in [6.07, 6.45) is 0.980. The summed E-state index contributed by atoms with van der Waals surface area (Å²) in [5.74, 6) is -0.175. The lowest BCUT2D eigenvalue weighted by molar-refractivity contribution is -0.142. The van der Waals surface area contributed by atoms with Crippen LogP contribution in [0.2, 0.25) is 5.02 Å². The maximum atomic E-state index is 11.4. The number of nitrogens with zero attached hydrogens (tertiary/aromatic N) is 1. The molecule has 2 heterocycles. The van der Waals surface area contributed by atoms with Gasteiger partial charge in [0.1, 0.15) is 10.4 Å². The SMILES string of the molecule is COC(=O)CN1CCc2c(cc[s+]2-c2ccccc2Cl)C1. The van der Waals surface area contributed by atoms with Gasteiger partial charge in [0.2, 0.25) is 0 Å². The van der Waals surface area contributed by atoms with Gasteiger partial charge in [-0.25, -0.2) is 0 Å². The Kier molecular flexibility index (Phi) is 4.29. The van der Waals surface area contributed by atoms with Crippen LogP contribution in [0.1, 0.15) is 10.4 Å². The van der Waals surface area contributed by atoms with Gasteiger partial charge < -0.3 is 4.74 Å². The van der Waals surface area contributed by atoms with E-state index in [0.29, 0.717) is 6.54 Å². The molecule has 110 valence electrons. The third-order valence-electron chi connectivity index (χ3n) is 3.73. The summed E-state index contributed by atoms with van der Waals surface area (Å²) in [7, 11) is 1.41. The van der Waals surface area contributed by atoms with Crippen molar-refractivity contribution < 1.29 is 9.53 Å². The quantitative estimate of drug-likeness (QED) is 0.638. The molecular weight excluding hydrogens is 306 g/mol. The minimum Gasteiger partial charge on any atom is -0.468 e. The van der Waals surface area contributed by atoms with Crippen LogP contribution in [0, 0.1) is 0 Å². The Bertz CT molecular complexity index is 668. The number of carbonyl (C=O) groups is 1. The van der Waals surface area contributed by atoms with Crippen LogP contribution < -0.4 is 0 Å². The van der Waals surface area contributed by atoms with Crippen molar-refractivity contribution in [3.63, 3.8) is 0 Å². The first-order chi connectivity index (χ1) is 10.2. The molecule has 0 spiro atoms. The molecule has 1 unspecified atom stereocenters. The average Bonchev–Trinajstić information content (AvgIpc) is 2.90. The smallest absolute Gasteiger partial charge is 0.319 e. The Balaban J connectivity index is 1.84. The van der Waals surface area contributed by atoms with E-state index in [1.807, 2.05) is 18.2 Å².